The molecule has 0 bridgehead atoms. The fourth-order valence-electron chi connectivity index (χ4n) is 1.58. The van der Waals surface area contributed by atoms with E-state index in [4.69, 9.17) is 4.74 Å². The van der Waals surface area contributed by atoms with E-state index in [9.17, 15) is 4.79 Å². The quantitative estimate of drug-likeness (QED) is 0.841. The van der Waals surface area contributed by atoms with Gasteiger partial charge in [-0.3, -0.25) is 0 Å². The number of ether oxygens (including phenoxy) is 1. The van der Waals surface area contributed by atoms with Gasteiger partial charge < -0.3 is 14.5 Å². The van der Waals surface area contributed by atoms with Gasteiger partial charge in [0.1, 0.15) is 5.60 Å². The number of carbonyl (C=O) groups is 1. The average molecular weight is 264 g/mol. The first-order valence-corrected chi connectivity index (χ1v) is 6.39. The molecule has 0 aromatic heterocycles. The fraction of sp³-hybridized carbons (Fsp3) is 0.533. The highest BCUT2D eigenvalue weighted by molar-refractivity contribution is 5.67. The minimum absolute atomic E-state index is 0.302. The highest BCUT2D eigenvalue weighted by Crippen LogP contribution is 2.15. The monoisotopic (exact) mass is 264 g/mol. The molecule has 0 saturated carbocycles. The maximum Gasteiger partial charge on any atom is 0.410 e. The Balaban J connectivity index is 2.61. The molecule has 4 heteroatoms. The number of nitrogens with zero attached hydrogens (tertiary/aromatic N) is 2. The molecule has 0 N–H and O–H groups in total. The molecule has 1 aromatic rings. The smallest absolute Gasteiger partial charge is 0.410 e. The van der Waals surface area contributed by atoms with Crippen molar-refractivity contribution in [1.29, 1.82) is 0 Å². The van der Waals surface area contributed by atoms with Gasteiger partial charge in [-0.1, -0.05) is 12.1 Å². The summed E-state index contributed by atoms with van der Waals surface area (Å²) in [7, 11) is 5.75. The molecule has 0 atom stereocenters. The van der Waals surface area contributed by atoms with E-state index in [1.54, 1.807) is 11.9 Å². The first kappa shape index (κ1) is 15.3. The predicted molar refractivity (Wildman–Crippen MR) is 78.5 cm³/mol. The second-order valence-electron chi connectivity index (χ2n) is 5.90. The summed E-state index contributed by atoms with van der Waals surface area (Å²) < 4.78 is 5.31. The molecule has 1 aromatic carbocycles. The summed E-state index contributed by atoms with van der Waals surface area (Å²) in [6.07, 6.45) is -0.302. The Bertz CT molecular complexity index is 419. The fourth-order valence-corrected chi connectivity index (χ4v) is 1.58. The molecule has 0 spiro atoms. The van der Waals surface area contributed by atoms with Crippen LogP contribution in [0.3, 0.4) is 0 Å². The summed E-state index contributed by atoms with van der Waals surface area (Å²) in [6, 6.07) is 8.13. The van der Waals surface area contributed by atoms with Crippen LogP contribution in [-0.4, -0.2) is 37.7 Å². The van der Waals surface area contributed by atoms with E-state index in [2.05, 4.69) is 0 Å². The van der Waals surface area contributed by atoms with Gasteiger partial charge in [0.05, 0.1) is 0 Å². The van der Waals surface area contributed by atoms with Crippen molar-refractivity contribution in [2.75, 3.05) is 26.0 Å². The third-order valence-corrected chi connectivity index (χ3v) is 2.58. The molecule has 4 nitrogen and oxygen atoms in total. The molecule has 0 aliphatic heterocycles. The number of rotatable bonds is 3. The van der Waals surface area contributed by atoms with E-state index in [-0.39, 0.29) is 6.09 Å². The molecule has 1 amide bonds. The maximum atomic E-state index is 11.8. The summed E-state index contributed by atoms with van der Waals surface area (Å²) >= 11 is 0. The van der Waals surface area contributed by atoms with Gasteiger partial charge >= 0.3 is 6.09 Å². The van der Waals surface area contributed by atoms with Gasteiger partial charge in [-0.2, -0.15) is 0 Å². The van der Waals surface area contributed by atoms with Gasteiger partial charge in [0, 0.05) is 33.4 Å². The SMILES string of the molecule is CN(Cc1ccc(N(C)C)cc1)C(=O)OC(C)(C)C. The Labute approximate surface area is 116 Å². The van der Waals surface area contributed by atoms with Crippen LogP contribution in [0.25, 0.3) is 0 Å². The van der Waals surface area contributed by atoms with Crippen molar-refractivity contribution in [3.8, 4) is 0 Å². The third-order valence-electron chi connectivity index (χ3n) is 2.58. The average Bonchev–Trinajstić information content (AvgIpc) is 2.27. The Hall–Kier alpha value is -1.71. The second-order valence-corrected chi connectivity index (χ2v) is 5.90. The van der Waals surface area contributed by atoms with Crippen LogP contribution < -0.4 is 4.90 Å². The maximum absolute atomic E-state index is 11.8. The summed E-state index contributed by atoms with van der Waals surface area (Å²) in [5.74, 6) is 0. The Morgan fingerprint density at radius 2 is 1.63 bits per heavy atom. The van der Waals surface area contributed by atoms with Crippen molar-refractivity contribution in [2.45, 2.75) is 32.9 Å². The molecule has 1 rings (SSSR count). The Kier molecular flexibility index (Phi) is 4.81. The van der Waals surface area contributed by atoms with Gasteiger partial charge in [0.2, 0.25) is 0 Å². The van der Waals surface area contributed by atoms with E-state index in [0.717, 1.165) is 11.3 Å². The van der Waals surface area contributed by atoms with Crippen LogP contribution in [0.2, 0.25) is 0 Å². The van der Waals surface area contributed by atoms with Crippen LogP contribution in [-0.2, 0) is 11.3 Å². The Morgan fingerprint density at radius 1 is 1.11 bits per heavy atom. The molecule has 19 heavy (non-hydrogen) atoms. The number of anilines is 1. The normalized spacial score (nSPS) is 11.1. The lowest BCUT2D eigenvalue weighted by Crippen LogP contribution is -2.33. The summed E-state index contributed by atoms with van der Waals surface area (Å²) in [5.41, 5.74) is 1.77. The summed E-state index contributed by atoms with van der Waals surface area (Å²) in [5, 5.41) is 0. The summed E-state index contributed by atoms with van der Waals surface area (Å²) in [6.45, 7) is 6.14. The predicted octanol–water partition coefficient (Wildman–Crippen LogP) is 3.12. The van der Waals surface area contributed by atoms with Gasteiger partial charge in [-0.15, -0.1) is 0 Å². The third kappa shape index (κ3) is 5.20. The van der Waals surface area contributed by atoms with Gasteiger partial charge in [0.15, 0.2) is 0 Å². The first-order chi connectivity index (χ1) is 8.69. The van der Waals surface area contributed by atoms with E-state index in [0.29, 0.717) is 6.54 Å². The topological polar surface area (TPSA) is 32.8 Å². The molecular weight excluding hydrogens is 240 g/mol. The van der Waals surface area contributed by atoms with Gasteiger partial charge in [-0.05, 0) is 38.5 Å². The minimum atomic E-state index is -0.458. The van der Waals surface area contributed by atoms with Crippen LogP contribution in [0.1, 0.15) is 26.3 Å². The lowest BCUT2D eigenvalue weighted by Gasteiger charge is -2.24. The van der Waals surface area contributed by atoms with Crippen LogP contribution in [0, 0.1) is 0 Å². The molecule has 0 fully saturated rings. The number of benzene rings is 1. The van der Waals surface area contributed by atoms with Crippen molar-refractivity contribution in [3.05, 3.63) is 29.8 Å². The van der Waals surface area contributed by atoms with Crippen molar-refractivity contribution < 1.29 is 9.53 Å². The van der Waals surface area contributed by atoms with E-state index in [1.807, 2.05) is 64.0 Å². The standard InChI is InChI=1S/C15H24N2O2/c1-15(2,3)19-14(18)17(6)11-12-7-9-13(10-8-12)16(4)5/h7-10H,11H2,1-6H3. The van der Waals surface area contributed by atoms with Crippen LogP contribution in [0.4, 0.5) is 10.5 Å². The zero-order chi connectivity index (χ0) is 14.6. The Morgan fingerprint density at radius 3 is 2.05 bits per heavy atom. The van der Waals surface area contributed by atoms with Gasteiger partial charge in [-0.25, -0.2) is 4.79 Å². The van der Waals surface area contributed by atoms with Crippen LogP contribution >= 0.6 is 0 Å². The molecule has 0 aliphatic rings. The molecule has 0 aliphatic carbocycles. The number of hydrogen-bond acceptors (Lipinski definition) is 3. The van der Waals surface area contributed by atoms with Crippen molar-refractivity contribution in [3.63, 3.8) is 0 Å². The number of hydrogen-bond donors (Lipinski definition) is 0. The zero-order valence-corrected chi connectivity index (χ0v) is 12.7. The van der Waals surface area contributed by atoms with Crippen LogP contribution in [0.5, 0.6) is 0 Å². The molecule has 0 saturated heterocycles. The van der Waals surface area contributed by atoms with E-state index >= 15 is 0 Å². The zero-order valence-electron chi connectivity index (χ0n) is 12.7. The lowest BCUT2D eigenvalue weighted by molar-refractivity contribution is 0.0285. The van der Waals surface area contributed by atoms with E-state index < -0.39 is 5.60 Å². The number of carbonyl (C=O) groups excluding carboxylic acids is 1. The highest BCUT2D eigenvalue weighted by atomic mass is 16.6. The molecule has 106 valence electrons. The highest BCUT2D eigenvalue weighted by Gasteiger charge is 2.19. The van der Waals surface area contributed by atoms with E-state index in [1.165, 1.54) is 0 Å². The van der Waals surface area contributed by atoms with Gasteiger partial charge in [0.25, 0.3) is 0 Å². The van der Waals surface area contributed by atoms with Crippen molar-refractivity contribution >= 4 is 11.8 Å². The van der Waals surface area contributed by atoms with Crippen molar-refractivity contribution in [2.24, 2.45) is 0 Å². The second kappa shape index (κ2) is 5.95. The number of amides is 1. The molecule has 0 heterocycles. The largest absolute Gasteiger partial charge is 0.444 e. The molecule has 0 radical (unpaired) electrons. The minimum Gasteiger partial charge on any atom is -0.444 e. The lowest BCUT2D eigenvalue weighted by atomic mass is 10.2. The summed E-state index contributed by atoms with van der Waals surface area (Å²) in [4.78, 5) is 15.5. The molecular formula is C15H24N2O2. The first-order valence-electron chi connectivity index (χ1n) is 6.39. The molecule has 0 unspecified atom stereocenters. The van der Waals surface area contributed by atoms with Crippen molar-refractivity contribution in [1.82, 2.24) is 4.90 Å². The van der Waals surface area contributed by atoms with Crippen LogP contribution in [0.15, 0.2) is 24.3 Å².